The molecule has 0 bridgehead atoms. The second-order valence-electron chi connectivity index (χ2n) is 6.51. The number of pyridine rings is 1. The fourth-order valence-electron chi connectivity index (χ4n) is 2.67. The molecule has 1 aromatic heterocycles. The van der Waals surface area contributed by atoms with Crippen LogP contribution in [0.15, 0.2) is 77.4 Å². The van der Waals surface area contributed by atoms with Gasteiger partial charge in [0.2, 0.25) is 0 Å². The fraction of sp³-hybridized carbons (Fsp3) is 0.120. The van der Waals surface area contributed by atoms with Gasteiger partial charge in [-0.2, -0.15) is 0 Å². The van der Waals surface area contributed by atoms with Gasteiger partial charge in [-0.25, -0.2) is 9.78 Å². The Hall–Kier alpha value is -3.56. The molecule has 2 aromatic carbocycles. The van der Waals surface area contributed by atoms with E-state index in [-0.39, 0.29) is 6.61 Å². The molecular formula is C25H20BrNO4. The topological polar surface area (TPSA) is 68.7 Å². The number of hydrogen-bond donors (Lipinski definition) is 1. The Balaban J connectivity index is 1.75. The summed E-state index contributed by atoms with van der Waals surface area (Å²) in [4.78, 5) is 14.9. The van der Waals surface area contributed by atoms with Crippen molar-refractivity contribution in [3.63, 3.8) is 0 Å². The first kappa shape index (κ1) is 22.1. The van der Waals surface area contributed by atoms with Gasteiger partial charge in [-0.05, 0) is 72.5 Å². The number of aryl methyl sites for hydroxylation is 1. The van der Waals surface area contributed by atoms with Crippen molar-refractivity contribution in [2.45, 2.75) is 6.92 Å². The Morgan fingerprint density at radius 1 is 1.13 bits per heavy atom. The maximum absolute atomic E-state index is 10.7. The van der Waals surface area contributed by atoms with Crippen molar-refractivity contribution in [1.82, 2.24) is 4.98 Å². The van der Waals surface area contributed by atoms with Gasteiger partial charge < -0.3 is 14.6 Å². The van der Waals surface area contributed by atoms with Crippen molar-refractivity contribution >= 4 is 27.5 Å². The van der Waals surface area contributed by atoms with Crippen LogP contribution in [0.1, 0.15) is 16.8 Å². The molecular weight excluding hydrogens is 458 g/mol. The molecule has 3 aromatic rings. The molecule has 0 atom stereocenters. The SMILES string of the molecule is Cc1cc(OC/C=C(\C#Cc2ccccn2)c2ccc(Br)cc2)ccc1OCC(=O)O. The van der Waals surface area contributed by atoms with Crippen molar-refractivity contribution < 1.29 is 19.4 Å². The lowest BCUT2D eigenvalue weighted by atomic mass is 10.1. The number of benzene rings is 2. The molecule has 0 amide bonds. The summed E-state index contributed by atoms with van der Waals surface area (Å²) in [6, 6.07) is 18.8. The molecule has 0 saturated carbocycles. The monoisotopic (exact) mass is 477 g/mol. The van der Waals surface area contributed by atoms with Crippen LogP contribution in [-0.4, -0.2) is 29.3 Å². The zero-order chi connectivity index (χ0) is 22.1. The molecule has 0 spiro atoms. The van der Waals surface area contributed by atoms with Crippen molar-refractivity contribution in [2.75, 3.05) is 13.2 Å². The van der Waals surface area contributed by atoms with Gasteiger partial charge in [0.05, 0.1) is 0 Å². The van der Waals surface area contributed by atoms with E-state index < -0.39 is 5.97 Å². The van der Waals surface area contributed by atoms with E-state index in [0.29, 0.717) is 23.8 Å². The van der Waals surface area contributed by atoms with Crippen LogP contribution in [0.3, 0.4) is 0 Å². The van der Waals surface area contributed by atoms with Crippen LogP contribution in [0.5, 0.6) is 11.5 Å². The first-order chi connectivity index (χ1) is 15.0. The van der Waals surface area contributed by atoms with Crippen LogP contribution >= 0.6 is 15.9 Å². The summed E-state index contributed by atoms with van der Waals surface area (Å²) in [5.74, 6) is 6.42. The van der Waals surface area contributed by atoms with Crippen LogP contribution in [-0.2, 0) is 4.79 Å². The van der Waals surface area contributed by atoms with Gasteiger partial charge in [0.25, 0.3) is 0 Å². The lowest BCUT2D eigenvalue weighted by molar-refractivity contribution is -0.139. The molecule has 0 radical (unpaired) electrons. The average Bonchev–Trinajstić information content (AvgIpc) is 2.77. The second-order valence-corrected chi connectivity index (χ2v) is 7.43. The molecule has 3 rings (SSSR count). The molecule has 1 heterocycles. The molecule has 0 saturated heterocycles. The zero-order valence-electron chi connectivity index (χ0n) is 16.8. The number of nitrogens with zero attached hydrogens (tertiary/aromatic N) is 1. The van der Waals surface area contributed by atoms with Crippen LogP contribution < -0.4 is 9.47 Å². The van der Waals surface area contributed by atoms with Gasteiger partial charge >= 0.3 is 5.97 Å². The minimum absolute atomic E-state index is 0.317. The van der Waals surface area contributed by atoms with Crippen LogP contribution in [0.2, 0.25) is 0 Å². The maximum atomic E-state index is 10.7. The highest BCUT2D eigenvalue weighted by Gasteiger charge is 2.05. The third-order valence-corrected chi connectivity index (χ3v) is 4.71. The molecule has 5 nitrogen and oxygen atoms in total. The highest BCUT2D eigenvalue weighted by molar-refractivity contribution is 9.10. The summed E-state index contributed by atoms with van der Waals surface area (Å²) in [6.07, 6.45) is 3.63. The van der Waals surface area contributed by atoms with E-state index in [1.165, 1.54) is 0 Å². The van der Waals surface area contributed by atoms with E-state index in [2.05, 4.69) is 32.8 Å². The smallest absolute Gasteiger partial charge is 0.341 e. The third-order valence-electron chi connectivity index (χ3n) is 4.18. The molecule has 0 aliphatic carbocycles. The number of allylic oxidation sites excluding steroid dienone is 1. The zero-order valence-corrected chi connectivity index (χ0v) is 18.4. The van der Waals surface area contributed by atoms with E-state index >= 15 is 0 Å². The summed E-state index contributed by atoms with van der Waals surface area (Å²) >= 11 is 3.45. The first-order valence-electron chi connectivity index (χ1n) is 9.48. The van der Waals surface area contributed by atoms with Gasteiger partial charge in [-0.3, -0.25) is 0 Å². The number of aromatic nitrogens is 1. The first-order valence-corrected chi connectivity index (χ1v) is 10.3. The van der Waals surface area contributed by atoms with Crippen molar-refractivity contribution in [3.8, 4) is 23.3 Å². The minimum Gasteiger partial charge on any atom is -0.489 e. The third kappa shape index (κ3) is 7.02. The summed E-state index contributed by atoms with van der Waals surface area (Å²) in [6.45, 7) is 1.78. The number of hydrogen-bond acceptors (Lipinski definition) is 4. The molecule has 1 N–H and O–H groups in total. The second kappa shape index (κ2) is 11.0. The van der Waals surface area contributed by atoms with E-state index in [4.69, 9.17) is 14.6 Å². The van der Waals surface area contributed by atoms with Crippen LogP contribution in [0, 0.1) is 18.8 Å². The Bertz CT molecular complexity index is 1130. The van der Waals surface area contributed by atoms with Crippen molar-refractivity contribution in [3.05, 3.63) is 94.2 Å². The predicted octanol–water partition coefficient (Wildman–Crippen LogP) is 5.13. The normalized spacial score (nSPS) is 10.7. The van der Waals surface area contributed by atoms with E-state index in [0.717, 1.165) is 21.2 Å². The molecule has 0 unspecified atom stereocenters. The van der Waals surface area contributed by atoms with E-state index in [1.54, 1.807) is 18.3 Å². The lowest BCUT2D eigenvalue weighted by Crippen LogP contribution is -2.10. The summed E-state index contributed by atoms with van der Waals surface area (Å²) in [5, 5.41) is 8.74. The molecule has 156 valence electrons. The van der Waals surface area contributed by atoms with Gasteiger partial charge in [0, 0.05) is 16.2 Å². The largest absolute Gasteiger partial charge is 0.489 e. The Morgan fingerprint density at radius 2 is 1.94 bits per heavy atom. The molecule has 6 heteroatoms. The quantitative estimate of drug-likeness (QED) is 0.477. The molecule has 31 heavy (non-hydrogen) atoms. The summed E-state index contributed by atoms with van der Waals surface area (Å²) < 4.78 is 12.1. The van der Waals surface area contributed by atoms with Crippen molar-refractivity contribution in [1.29, 1.82) is 0 Å². The Kier molecular flexibility index (Phi) is 7.85. The fourth-order valence-corrected chi connectivity index (χ4v) is 2.94. The predicted molar refractivity (Wildman–Crippen MR) is 123 cm³/mol. The number of carboxylic acids is 1. The number of ether oxygens (including phenoxy) is 2. The maximum Gasteiger partial charge on any atom is 0.341 e. The molecule has 0 fully saturated rings. The summed E-state index contributed by atoms with van der Waals surface area (Å²) in [5.41, 5.74) is 3.30. The Labute approximate surface area is 189 Å². The Morgan fingerprint density at radius 3 is 2.61 bits per heavy atom. The average molecular weight is 478 g/mol. The van der Waals surface area contributed by atoms with Gasteiger partial charge in [-0.15, -0.1) is 0 Å². The number of rotatable bonds is 7. The van der Waals surface area contributed by atoms with Crippen LogP contribution in [0.4, 0.5) is 0 Å². The van der Waals surface area contributed by atoms with Crippen molar-refractivity contribution in [2.24, 2.45) is 0 Å². The summed E-state index contributed by atoms with van der Waals surface area (Å²) in [7, 11) is 0. The standard InChI is InChI=1S/C25H20BrNO4/c1-18-16-23(11-12-24(18)31-17-25(28)29)30-15-13-20(19-5-8-21(26)9-6-19)7-10-22-4-2-3-14-27-22/h2-6,8-9,11-14,16H,15,17H2,1H3,(H,28,29)/b20-13+. The van der Waals surface area contributed by atoms with Crippen LogP contribution in [0.25, 0.3) is 5.57 Å². The van der Waals surface area contributed by atoms with E-state index in [1.807, 2.05) is 61.5 Å². The van der Waals surface area contributed by atoms with Gasteiger partial charge in [0.15, 0.2) is 6.61 Å². The highest BCUT2D eigenvalue weighted by Crippen LogP contribution is 2.24. The number of carbonyl (C=O) groups is 1. The molecule has 0 aliphatic rings. The van der Waals surface area contributed by atoms with E-state index in [9.17, 15) is 4.79 Å². The lowest BCUT2D eigenvalue weighted by Gasteiger charge is -2.10. The number of aliphatic carboxylic acids is 1. The highest BCUT2D eigenvalue weighted by atomic mass is 79.9. The van der Waals surface area contributed by atoms with Gasteiger partial charge in [-0.1, -0.05) is 40.0 Å². The number of carboxylic acid groups (broad SMARTS) is 1. The minimum atomic E-state index is -1.02. The van der Waals surface area contributed by atoms with Gasteiger partial charge in [0.1, 0.15) is 23.8 Å². The number of halogens is 1. The molecule has 0 aliphatic heterocycles.